The summed E-state index contributed by atoms with van der Waals surface area (Å²) in [6.45, 7) is 0. The molecule has 0 spiro atoms. The normalized spacial score (nSPS) is 13.8. The number of rotatable bonds is 4. The molecule has 1 amide bonds. The highest BCUT2D eigenvalue weighted by atomic mass is 16.5. The standard InChI is InChI=1S/C16H18N4O3/c1-23-13-8-4-5-10(15(13)21)9-17-20-16(22)14-11-6-2-3-7-12(11)18-19-14/h4-5,8-9,21H,2-3,6-7H2,1H3,(H,18,19)(H,20,22)/b17-9+. The first-order valence-electron chi connectivity index (χ1n) is 7.46. The highest BCUT2D eigenvalue weighted by molar-refractivity contribution is 5.95. The molecule has 1 aliphatic rings. The van der Waals surface area contributed by atoms with Crippen molar-refractivity contribution in [1.29, 1.82) is 0 Å². The second-order valence-electron chi connectivity index (χ2n) is 5.33. The molecule has 1 aliphatic carbocycles. The number of amides is 1. The van der Waals surface area contributed by atoms with Crippen LogP contribution in [0.15, 0.2) is 23.3 Å². The summed E-state index contributed by atoms with van der Waals surface area (Å²) >= 11 is 0. The largest absolute Gasteiger partial charge is 0.504 e. The number of hydrogen-bond donors (Lipinski definition) is 3. The van der Waals surface area contributed by atoms with Gasteiger partial charge in [-0.15, -0.1) is 0 Å². The maximum absolute atomic E-state index is 12.2. The minimum atomic E-state index is -0.358. The Bertz CT molecular complexity index is 752. The predicted molar refractivity (Wildman–Crippen MR) is 84.9 cm³/mol. The molecule has 0 saturated heterocycles. The Balaban J connectivity index is 1.71. The SMILES string of the molecule is COc1cccc(/C=N/NC(=O)c2n[nH]c3c2CCCC3)c1O. The van der Waals surface area contributed by atoms with E-state index in [0.29, 0.717) is 17.0 Å². The summed E-state index contributed by atoms with van der Waals surface area (Å²) in [6, 6.07) is 5.04. The number of phenols is 1. The number of aromatic amines is 1. The van der Waals surface area contributed by atoms with Gasteiger partial charge in [-0.3, -0.25) is 9.89 Å². The van der Waals surface area contributed by atoms with Crippen molar-refractivity contribution in [3.05, 3.63) is 40.7 Å². The molecule has 3 rings (SSSR count). The van der Waals surface area contributed by atoms with E-state index in [-0.39, 0.29) is 11.7 Å². The molecule has 0 unspecified atom stereocenters. The number of aromatic hydroxyl groups is 1. The molecule has 0 atom stereocenters. The lowest BCUT2D eigenvalue weighted by atomic mass is 9.96. The van der Waals surface area contributed by atoms with E-state index in [2.05, 4.69) is 20.7 Å². The number of carbonyl (C=O) groups is 1. The van der Waals surface area contributed by atoms with Crippen molar-refractivity contribution in [2.75, 3.05) is 7.11 Å². The number of nitrogens with zero attached hydrogens (tertiary/aromatic N) is 2. The van der Waals surface area contributed by atoms with Crippen molar-refractivity contribution in [3.63, 3.8) is 0 Å². The maximum atomic E-state index is 12.2. The first kappa shape index (κ1) is 15.1. The summed E-state index contributed by atoms with van der Waals surface area (Å²) in [7, 11) is 1.47. The van der Waals surface area contributed by atoms with E-state index in [1.807, 2.05) is 0 Å². The minimum Gasteiger partial charge on any atom is -0.504 e. The van der Waals surface area contributed by atoms with Crippen molar-refractivity contribution < 1.29 is 14.6 Å². The molecule has 0 fully saturated rings. The zero-order valence-corrected chi connectivity index (χ0v) is 12.8. The van der Waals surface area contributed by atoms with Gasteiger partial charge >= 0.3 is 0 Å². The van der Waals surface area contributed by atoms with Crippen molar-refractivity contribution in [1.82, 2.24) is 15.6 Å². The molecular weight excluding hydrogens is 296 g/mol. The van der Waals surface area contributed by atoms with Gasteiger partial charge in [-0.25, -0.2) is 5.43 Å². The van der Waals surface area contributed by atoms with E-state index >= 15 is 0 Å². The van der Waals surface area contributed by atoms with Gasteiger partial charge in [-0.1, -0.05) is 6.07 Å². The number of aryl methyl sites for hydroxylation is 1. The number of carbonyl (C=O) groups excluding carboxylic acids is 1. The Morgan fingerprint density at radius 3 is 3.09 bits per heavy atom. The molecule has 0 radical (unpaired) electrons. The second kappa shape index (κ2) is 6.51. The summed E-state index contributed by atoms with van der Waals surface area (Å²) in [5.74, 6) is -0.0326. The first-order valence-corrected chi connectivity index (χ1v) is 7.46. The molecule has 0 aliphatic heterocycles. The van der Waals surface area contributed by atoms with E-state index in [0.717, 1.165) is 36.9 Å². The molecule has 1 aromatic heterocycles. The number of methoxy groups -OCH3 is 1. The van der Waals surface area contributed by atoms with Gasteiger partial charge in [0.05, 0.1) is 13.3 Å². The molecule has 120 valence electrons. The van der Waals surface area contributed by atoms with Crippen molar-refractivity contribution in [3.8, 4) is 11.5 Å². The zero-order valence-electron chi connectivity index (χ0n) is 12.8. The third-order valence-corrected chi connectivity index (χ3v) is 3.89. The zero-order chi connectivity index (χ0) is 16.2. The average Bonchev–Trinajstić information content (AvgIpc) is 3.00. The van der Waals surface area contributed by atoms with Crippen LogP contribution in [0.3, 0.4) is 0 Å². The first-order chi connectivity index (χ1) is 11.2. The molecule has 0 bridgehead atoms. The van der Waals surface area contributed by atoms with Crippen LogP contribution in [0.2, 0.25) is 0 Å². The molecule has 2 aromatic rings. The van der Waals surface area contributed by atoms with Crippen molar-refractivity contribution >= 4 is 12.1 Å². The number of nitrogens with one attached hydrogen (secondary N) is 2. The van der Waals surface area contributed by atoms with E-state index in [9.17, 15) is 9.90 Å². The fraction of sp³-hybridized carbons (Fsp3) is 0.312. The van der Waals surface area contributed by atoms with E-state index in [1.54, 1.807) is 18.2 Å². The Hall–Kier alpha value is -2.83. The van der Waals surface area contributed by atoms with E-state index in [4.69, 9.17) is 4.74 Å². The molecule has 7 heteroatoms. The Morgan fingerprint density at radius 2 is 2.26 bits per heavy atom. The van der Waals surface area contributed by atoms with Crippen molar-refractivity contribution in [2.45, 2.75) is 25.7 Å². The molecule has 1 heterocycles. The number of para-hydroxylation sites is 1. The quantitative estimate of drug-likeness (QED) is 0.591. The molecule has 7 nitrogen and oxygen atoms in total. The molecular formula is C16H18N4O3. The lowest BCUT2D eigenvalue weighted by Gasteiger charge is -2.10. The van der Waals surface area contributed by atoms with Crippen LogP contribution < -0.4 is 10.2 Å². The smallest absolute Gasteiger partial charge is 0.292 e. The lowest BCUT2D eigenvalue weighted by molar-refractivity contribution is 0.0949. The molecule has 3 N–H and O–H groups in total. The van der Waals surface area contributed by atoms with Crippen LogP contribution in [-0.2, 0) is 12.8 Å². The highest BCUT2D eigenvalue weighted by Gasteiger charge is 2.21. The number of aromatic nitrogens is 2. The Morgan fingerprint density at radius 1 is 1.43 bits per heavy atom. The monoisotopic (exact) mass is 314 g/mol. The molecule has 1 aromatic carbocycles. The van der Waals surface area contributed by atoms with Crippen LogP contribution >= 0.6 is 0 Å². The number of phenolic OH excluding ortho intramolecular Hbond substituents is 1. The van der Waals surface area contributed by atoms with E-state index in [1.165, 1.54) is 13.3 Å². The van der Waals surface area contributed by atoms with Crippen LogP contribution in [-0.4, -0.2) is 34.5 Å². The minimum absolute atomic E-state index is 0.0230. The number of hydrogen-bond acceptors (Lipinski definition) is 5. The summed E-state index contributed by atoms with van der Waals surface area (Å²) < 4.78 is 5.02. The van der Waals surface area contributed by atoms with Gasteiger partial charge in [-0.05, 0) is 37.8 Å². The van der Waals surface area contributed by atoms with Crippen LogP contribution in [0.4, 0.5) is 0 Å². The van der Waals surface area contributed by atoms with Gasteiger partial charge in [0, 0.05) is 16.8 Å². The fourth-order valence-electron chi connectivity index (χ4n) is 2.69. The van der Waals surface area contributed by atoms with Crippen LogP contribution in [0.1, 0.15) is 40.2 Å². The predicted octanol–water partition coefficient (Wildman–Crippen LogP) is 1.77. The van der Waals surface area contributed by atoms with Gasteiger partial charge < -0.3 is 9.84 Å². The Kier molecular flexibility index (Phi) is 4.27. The third-order valence-electron chi connectivity index (χ3n) is 3.89. The second-order valence-corrected chi connectivity index (χ2v) is 5.33. The van der Waals surface area contributed by atoms with Crippen LogP contribution in [0.25, 0.3) is 0 Å². The van der Waals surface area contributed by atoms with Gasteiger partial charge in [0.1, 0.15) is 0 Å². The van der Waals surface area contributed by atoms with Crippen molar-refractivity contribution in [2.24, 2.45) is 5.10 Å². The topological polar surface area (TPSA) is 99.6 Å². The Labute approximate surface area is 133 Å². The number of fused-ring (bicyclic) bond motifs is 1. The van der Waals surface area contributed by atoms with E-state index < -0.39 is 0 Å². The summed E-state index contributed by atoms with van der Waals surface area (Å²) in [4.78, 5) is 12.2. The number of ether oxygens (including phenoxy) is 1. The number of benzene rings is 1. The van der Waals surface area contributed by atoms with Gasteiger partial charge in [0.25, 0.3) is 5.91 Å². The maximum Gasteiger partial charge on any atom is 0.292 e. The fourth-order valence-corrected chi connectivity index (χ4v) is 2.69. The van der Waals surface area contributed by atoms with Gasteiger partial charge in [0.15, 0.2) is 17.2 Å². The average molecular weight is 314 g/mol. The highest BCUT2D eigenvalue weighted by Crippen LogP contribution is 2.28. The van der Waals surface area contributed by atoms with Crippen LogP contribution in [0.5, 0.6) is 11.5 Å². The summed E-state index contributed by atoms with van der Waals surface area (Å²) in [5, 5.41) is 20.8. The van der Waals surface area contributed by atoms with Gasteiger partial charge in [-0.2, -0.15) is 10.2 Å². The third kappa shape index (κ3) is 3.03. The number of H-pyrrole nitrogens is 1. The lowest BCUT2D eigenvalue weighted by Crippen LogP contribution is -2.20. The van der Waals surface area contributed by atoms with Crippen LogP contribution in [0, 0.1) is 0 Å². The molecule has 0 saturated carbocycles. The number of hydrazone groups is 1. The van der Waals surface area contributed by atoms with Gasteiger partial charge in [0.2, 0.25) is 0 Å². The summed E-state index contributed by atoms with van der Waals surface area (Å²) in [5.41, 5.74) is 5.31. The molecule has 23 heavy (non-hydrogen) atoms. The summed E-state index contributed by atoms with van der Waals surface area (Å²) in [6.07, 6.45) is 5.33.